The van der Waals surface area contributed by atoms with Crippen LogP contribution in [-0.4, -0.2) is 34.1 Å². The number of methoxy groups -OCH3 is 1. The largest absolute Gasteiger partial charge is 0.497 e. The van der Waals surface area contributed by atoms with Gasteiger partial charge in [0.1, 0.15) is 5.75 Å². The number of rotatable bonds is 7. The SMILES string of the molecule is CCCS(=O)(=O)CC(NC)c1cccc(OC)c1. The minimum atomic E-state index is -3.01. The topological polar surface area (TPSA) is 55.4 Å². The molecule has 1 unspecified atom stereocenters. The van der Waals surface area contributed by atoms with Crippen LogP contribution in [0, 0.1) is 0 Å². The van der Waals surface area contributed by atoms with E-state index >= 15 is 0 Å². The van der Waals surface area contributed by atoms with Crippen molar-refractivity contribution < 1.29 is 13.2 Å². The van der Waals surface area contributed by atoms with Crippen molar-refractivity contribution in [2.24, 2.45) is 0 Å². The molecule has 1 N–H and O–H groups in total. The van der Waals surface area contributed by atoms with E-state index in [0.717, 1.165) is 11.3 Å². The molecule has 0 aromatic heterocycles. The number of hydrogen-bond donors (Lipinski definition) is 1. The molecule has 0 aliphatic heterocycles. The highest BCUT2D eigenvalue weighted by Crippen LogP contribution is 2.20. The Labute approximate surface area is 109 Å². The third-order valence-corrected chi connectivity index (χ3v) is 4.65. The van der Waals surface area contributed by atoms with Crippen LogP contribution in [0.5, 0.6) is 5.75 Å². The molecule has 1 rings (SSSR count). The van der Waals surface area contributed by atoms with Gasteiger partial charge in [0.2, 0.25) is 0 Å². The Bertz CT molecular complexity index is 471. The second-order valence-electron chi connectivity index (χ2n) is 4.23. The van der Waals surface area contributed by atoms with Crippen molar-refractivity contribution in [2.75, 3.05) is 25.7 Å². The molecule has 0 fully saturated rings. The van der Waals surface area contributed by atoms with Gasteiger partial charge < -0.3 is 10.1 Å². The Morgan fingerprint density at radius 2 is 2.11 bits per heavy atom. The van der Waals surface area contributed by atoms with Crippen LogP contribution in [-0.2, 0) is 9.84 Å². The van der Waals surface area contributed by atoms with Gasteiger partial charge in [0, 0.05) is 11.8 Å². The second kappa shape index (κ2) is 6.75. The summed E-state index contributed by atoms with van der Waals surface area (Å²) in [5, 5.41) is 3.05. The van der Waals surface area contributed by atoms with Crippen LogP contribution >= 0.6 is 0 Å². The van der Waals surface area contributed by atoms with Gasteiger partial charge in [-0.3, -0.25) is 0 Å². The summed E-state index contributed by atoms with van der Waals surface area (Å²) in [7, 11) is 0.354. The summed E-state index contributed by atoms with van der Waals surface area (Å²) >= 11 is 0. The molecule has 0 spiro atoms. The van der Waals surface area contributed by atoms with Gasteiger partial charge in [-0.25, -0.2) is 8.42 Å². The van der Waals surface area contributed by atoms with E-state index < -0.39 is 9.84 Å². The maximum atomic E-state index is 11.9. The van der Waals surface area contributed by atoms with Crippen molar-refractivity contribution in [1.82, 2.24) is 5.32 Å². The summed E-state index contributed by atoms with van der Waals surface area (Å²) in [6, 6.07) is 7.28. The average Bonchev–Trinajstić information content (AvgIpc) is 2.36. The molecular weight excluding hydrogens is 250 g/mol. The molecule has 1 aromatic rings. The molecule has 18 heavy (non-hydrogen) atoms. The fraction of sp³-hybridized carbons (Fsp3) is 0.538. The van der Waals surface area contributed by atoms with Gasteiger partial charge in [-0.15, -0.1) is 0 Å². The molecule has 0 saturated heterocycles. The summed E-state index contributed by atoms with van der Waals surface area (Å²) in [5.41, 5.74) is 0.927. The smallest absolute Gasteiger partial charge is 0.152 e. The lowest BCUT2D eigenvalue weighted by Crippen LogP contribution is -2.26. The van der Waals surface area contributed by atoms with Gasteiger partial charge >= 0.3 is 0 Å². The number of sulfone groups is 1. The molecule has 1 aromatic carbocycles. The standard InChI is InChI=1S/C13H21NO3S/c1-4-8-18(15,16)10-13(14-2)11-6-5-7-12(9-11)17-3/h5-7,9,13-14H,4,8,10H2,1-3H3. The molecule has 4 nitrogen and oxygen atoms in total. The lowest BCUT2D eigenvalue weighted by molar-refractivity contribution is 0.413. The van der Waals surface area contributed by atoms with Crippen LogP contribution in [0.4, 0.5) is 0 Å². The zero-order valence-electron chi connectivity index (χ0n) is 11.1. The maximum absolute atomic E-state index is 11.9. The maximum Gasteiger partial charge on any atom is 0.152 e. The van der Waals surface area contributed by atoms with Crippen LogP contribution in [0.1, 0.15) is 24.9 Å². The van der Waals surface area contributed by atoms with Crippen molar-refractivity contribution in [3.63, 3.8) is 0 Å². The lowest BCUT2D eigenvalue weighted by atomic mass is 10.1. The van der Waals surface area contributed by atoms with Crippen LogP contribution in [0.25, 0.3) is 0 Å². The first kappa shape index (κ1) is 15.0. The molecule has 0 heterocycles. The molecule has 0 bridgehead atoms. The Hall–Kier alpha value is -1.07. The quantitative estimate of drug-likeness (QED) is 0.821. The highest BCUT2D eigenvalue weighted by Gasteiger charge is 2.19. The van der Waals surface area contributed by atoms with Gasteiger partial charge in [-0.05, 0) is 31.2 Å². The molecule has 0 aliphatic carbocycles. The minimum Gasteiger partial charge on any atom is -0.497 e. The minimum absolute atomic E-state index is 0.116. The number of hydrogen-bond acceptors (Lipinski definition) is 4. The highest BCUT2D eigenvalue weighted by atomic mass is 32.2. The van der Waals surface area contributed by atoms with Crippen molar-refractivity contribution in [2.45, 2.75) is 19.4 Å². The van der Waals surface area contributed by atoms with Crippen LogP contribution in [0.2, 0.25) is 0 Å². The van der Waals surface area contributed by atoms with Crippen molar-refractivity contribution in [3.05, 3.63) is 29.8 Å². The summed E-state index contributed by atoms with van der Waals surface area (Å²) in [4.78, 5) is 0. The molecule has 0 aliphatic rings. The van der Waals surface area contributed by atoms with Crippen LogP contribution < -0.4 is 10.1 Å². The van der Waals surface area contributed by atoms with Gasteiger partial charge in [0.25, 0.3) is 0 Å². The van der Waals surface area contributed by atoms with Crippen LogP contribution in [0.3, 0.4) is 0 Å². The molecule has 0 saturated carbocycles. The molecule has 0 radical (unpaired) electrons. The Morgan fingerprint density at radius 1 is 1.39 bits per heavy atom. The van der Waals surface area contributed by atoms with Gasteiger partial charge in [-0.1, -0.05) is 19.1 Å². The van der Waals surface area contributed by atoms with Gasteiger partial charge in [0.15, 0.2) is 9.84 Å². The summed E-state index contributed by atoms with van der Waals surface area (Å²) in [6.45, 7) is 1.87. The van der Waals surface area contributed by atoms with Crippen LogP contribution in [0.15, 0.2) is 24.3 Å². The van der Waals surface area contributed by atoms with E-state index in [2.05, 4.69) is 5.32 Å². The van der Waals surface area contributed by atoms with Crippen molar-refractivity contribution in [3.8, 4) is 5.75 Å². The first-order chi connectivity index (χ1) is 8.52. The summed E-state index contributed by atoms with van der Waals surface area (Å²) in [5.74, 6) is 1.08. The summed E-state index contributed by atoms with van der Waals surface area (Å²) < 4.78 is 28.9. The van der Waals surface area contributed by atoms with Crippen molar-refractivity contribution in [1.29, 1.82) is 0 Å². The fourth-order valence-corrected chi connectivity index (χ4v) is 3.51. The zero-order valence-corrected chi connectivity index (χ0v) is 12.0. The van der Waals surface area contributed by atoms with E-state index in [1.165, 1.54) is 0 Å². The first-order valence-electron chi connectivity index (χ1n) is 6.04. The zero-order chi connectivity index (χ0) is 13.6. The highest BCUT2D eigenvalue weighted by molar-refractivity contribution is 7.91. The second-order valence-corrected chi connectivity index (χ2v) is 6.46. The van der Waals surface area contributed by atoms with E-state index in [1.54, 1.807) is 14.2 Å². The first-order valence-corrected chi connectivity index (χ1v) is 7.86. The number of benzene rings is 1. The molecule has 102 valence electrons. The van der Waals surface area contributed by atoms with E-state index in [4.69, 9.17) is 4.74 Å². The predicted molar refractivity (Wildman–Crippen MR) is 73.7 cm³/mol. The molecular formula is C13H21NO3S. The molecule has 1 atom stereocenters. The lowest BCUT2D eigenvalue weighted by Gasteiger charge is -2.17. The number of nitrogens with one attached hydrogen (secondary N) is 1. The van der Waals surface area contributed by atoms with Gasteiger partial charge in [0.05, 0.1) is 12.9 Å². The number of ether oxygens (including phenoxy) is 1. The fourth-order valence-electron chi connectivity index (χ4n) is 1.85. The third-order valence-electron chi connectivity index (χ3n) is 2.78. The molecule has 0 amide bonds. The normalized spacial score (nSPS) is 13.3. The van der Waals surface area contributed by atoms with E-state index in [1.807, 2.05) is 31.2 Å². The molecule has 5 heteroatoms. The van der Waals surface area contributed by atoms with E-state index in [9.17, 15) is 8.42 Å². The Morgan fingerprint density at radius 3 is 2.67 bits per heavy atom. The van der Waals surface area contributed by atoms with E-state index in [-0.39, 0.29) is 17.5 Å². The third kappa shape index (κ3) is 4.31. The van der Waals surface area contributed by atoms with Gasteiger partial charge in [-0.2, -0.15) is 0 Å². The summed E-state index contributed by atoms with van der Waals surface area (Å²) in [6.07, 6.45) is 0.650. The van der Waals surface area contributed by atoms with Crippen molar-refractivity contribution >= 4 is 9.84 Å². The van der Waals surface area contributed by atoms with E-state index in [0.29, 0.717) is 6.42 Å². The monoisotopic (exact) mass is 271 g/mol. The Kier molecular flexibility index (Phi) is 5.62. The predicted octanol–water partition coefficient (Wildman–Crippen LogP) is 1.78. The Balaban J connectivity index is 2.89. The average molecular weight is 271 g/mol.